The highest BCUT2D eigenvalue weighted by molar-refractivity contribution is 7.81. The van der Waals surface area contributed by atoms with Crippen molar-refractivity contribution in [3.05, 3.63) is 36.2 Å². The van der Waals surface area contributed by atoms with Crippen molar-refractivity contribution in [3.8, 4) is 5.75 Å². The Labute approximate surface area is 253 Å². The van der Waals surface area contributed by atoms with Crippen molar-refractivity contribution in [1.82, 2.24) is 14.9 Å². The highest BCUT2D eigenvalue weighted by Crippen LogP contribution is 2.38. The molecule has 2 fully saturated rings. The van der Waals surface area contributed by atoms with E-state index in [0.29, 0.717) is 22.5 Å². The fraction of sp³-hybridized carbons (Fsp3) is 0.481. The number of alkyl halides is 2. The van der Waals surface area contributed by atoms with Gasteiger partial charge >= 0.3 is 5.97 Å². The summed E-state index contributed by atoms with van der Waals surface area (Å²) in [5.41, 5.74) is 6.64. The topological polar surface area (TPSA) is 154 Å². The van der Waals surface area contributed by atoms with E-state index in [-0.39, 0.29) is 42.5 Å². The van der Waals surface area contributed by atoms with E-state index in [9.17, 15) is 27.1 Å². The SMILES string of the molecule is COc1cc2c(N)nccc2cc1C[C@H](C(=O)OC(C)C)N1CC[C@H](N(c2cnc(N3CCC(F)(F)C3)s2)S(=O)[O-])C1=O. The number of thiazole rings is 1. The summed E-state index contributed by atoms with van der Waals surface area (Å²) in [6.45, 7) is 3.02. The van der Waals surface area contributed by atoms with Crippen molar-refractivity contribution >= 4 is 61.2 Å². The number of esters is 1. The summed E-state index contributed by atoms with van der Waals surface area (Å²) in [4.78, 5) is 38.2. The fourth-order valence-corrected chi connectivity index (χ4v) is 7.20. The number of halogens is 2. The molecule has 0 radical (unpaired) electrons. The van der Waals surface area contributed by atoms with E-state index in [4.69, 9.17) is 15.2 Å². The van der Waals surface area contributed by atoms with Crippen LogP contribution in [0.5, 0.6) is 5.75 Å². The van der Waals surface area contributed by atoms with E-state index in [0.717, 1.165) is 21.0 Å². The summed E-state index contributed by atoms with van der Waals surface area (Å²) in [5, 5.41) is 1.77. The minimum absolute atomic E-state index is 0.0275. The van der Waals surface area contributed by atoms with Crippen molar-refractivity contribution in [1.29, 1.82) is 0 Å². The number of nitrogen functional groups attached to an aromatic ring is 1. The third-order valence-corrected chi connectivity index (χ3v) is 9.35. The van der Waals surface area contributed by atoms with E-state index >= 15 is 0 Å². The lowest BCUT2D eigenvalue weighted by atomic mass is 10.00. The van der Waals surface area contributed by atoms with E-state index in [1.807, 2.05) is 0 Å². The summed E-state index contributed by atoms with van der Waals surface area (Å²) >= 11 is -1.98. The van der Waals surface area contributed by atoms with Crippen molar-refractivity contribution in [2.24, 2.45) is 0 Å². The fourth-order valence-electron chi connectivity index (χ4n) is 5.41. The van der Waals surface area contributed by atoms with Gasteiger partial charge in [-0.25, -0.2) is 23.5 Å². The summed E-state index contributed by atoms with van der Waals surface area (Å²) in [5.74, 6) is -3.35. The van der Waals surface area contributed by atoms with Gasteiger partial charge in [-0.1, -0.05) is 11.3 Å². The lowest BCUT2D eigenvalue weighted by Gasteiger charge is -2.31. The van der Waals surface area contributed by atoms with Crippen LogP contribution in [0.2, 0.25) is 0 Å². The van der Waals surface area contributed by atoms with Crippen molar-refractivity contribution in [2.45, 2.75) is 57.2 Å². The zero-order chi connectivity index (χ0) is 31.1. The molecule has 4 heterocycles. The third kappa shape index (κ3) is 6.35. The quantitative estimate of drug-likeness (QED) is 0.259. The predicted molar refractivity (Wildman–Crippen MR) is 157 cm³/mol. The molecule has 3 aromatic rings. The maximum absolute atomic E-state index is 13.8. The Bertz CT molecular complexity index is 1560. The minimum atomic E-state index is -2.89. The zero-order valence-electron chi connectivity index (χ0n) is 23.7. The van der Waals surface area contributed by atoms with Crippen LogP contribution in [0.4, 0.5) is 24.7 Å². The number of ether oxygens (including phenoxy) is 2. The van der Waals surface area contributed by atoms with E-state index < -0.39 is 53.8 Å². The summed E-state index contributed by atoms with van der Waals surface area (Å²) in [7, 11) is 1.48. The number of anilines is 3. The molecule has 1 unspecified atom stereocenters. The molecule has 2 aromatic heterocycles. The largest absolute Gasteiger partial charge is 0.755 e. The molecule has 43 heavy (non-hydrogen) atoms. The highest BCUT2D eigenvalue weighted by Gasteiger charge is 2.44. The number of carbonyl (C=O) groups excluding carboxylic acids is 2. The molecule has 0 saturated carbocycles. The minimum Gasteiger partial charge on any atom is -0.755 e. The number of methoxy groups -OCH3 is 1. The molecule has 16 heteroatoms. The predicted octanol–water partition coefficient (Wildman–Crippen LogP) is 2.89. The lowest BCUT2D eigenvalue weighted by molar-refractivity contribution is -0.157. The van der Waals surface area contributed by atoms with Crippen molar-refractivity contribution < 1.29 is 36.6 Å². The number of likely N-dealkylation sites (tertiary alicyclic amines) is 1. The normalized spacial score (nSPS) is 19.7. The number of rotatable bonds is 10. The van der Waals surface area contributed by atoms with Crippen LogP contribution in [0.3, 0.4) is 0 Å². The van der Waals surface area contributed by atoms with Gasteiger partial charge in [0.1, 0.15) is 28.7 Å². The summed E-state index contributed by atoms with van der Waals surface area (Å²) in [6.07, 6.45) is 2.14. The van der Waals surface area contributed by atoms with Crippen LogP contribution in [0.25, 0.3) is 10.8 Å². The number of nitrogens with two attached hydrogens (primary N) is 1. The van der Waals surface area contributed by atoms with Crippen molar-refractivity contribution in [2.75, 3.05) is 41.7 Å². The number of hydrogen-bond acceptors (Lipinski definition) is 11. The number of aromatic nitrogens is 2. The maximum Gasteiger partial charge on any atom is 0.329 e. The maximum atomic E-state index is 13.8. The van der Waals surface area contributed by atoms with Gasteiger partial charge in [0.15, 0.2) is 5.13 Å². The molecule has 1 aromatic carbocycles. The second kappa shape index (κ2) is 12.2. The molecule has 12 nitrogen and oxygen atoms in total. The van der Waals surface area contributed by atoms with Gasteiger partial charge in [-0.2, -0.15) is 0 Å². The smallest absolute Gasteiger partial charge is 0.329 e. The van der Waals surface area contributed by atoms with Crippen LogP contribution in [0, 0.1) is 0 Å². The molecular weight excluding hydrogens is 606 g/mol. The zero-order valence-corrected chi connectivity index (χ0v) is 25.3. The van der Waals surface area contributed by atoms with E-state index in [1.165, 1.54) is 23.1 Å². The third-order valence-electron chi connectivity index (χ3n) is 7.40. The van der Waals surface area contributed by atoms with Gasteiger partial charge in [-0.15, -0.1) is 0 Å². The molecule has 1 amide bonds. The number of nitrogens with zero attached hydrogens (tertiary/aromatic N) is 5. The Hall–Kier alpha value is -3.63. The Balaban J connectivity index is 1.43. The molecule has 0 bridgehead atoms. The number of hydrogen-bond donors (Lipinski definition) is 1. The Morgan fingerprint density at radius 2 is 2.09 bits per heavy atom. The molecule has 0 aliphatic carbocycles. The van der Waals surface area contributed by atoms with Crippen LogP contribution in [-0.4, -0.2) is 86.4 Å². The second-order valence-electron chi connectivity index (χ2n) is 10.7. The molecule has 2 aliphatic rings. The Morgan fingerprint density at radius 1 is 1.33 bits per heavy atom. The first-order valence-corrected chi connectivity index (χ1v) is 15.4. The van der Waals surface area contributed by atoms with Crippen molar-refractivity contribution in [3.63, 3.8) is 0 Å². The molecule has 2 saturated heterocycles. The summed E-state index contributed by atoms with van der Waals surface area (Å²) < 4.78 is 64.4. The monoisotopic (exact) mass is 637 g/mol. The number of carbonyl (C=O) groups is 2. The lowest BCUT2D eigenvalue weighted by Crippen LogP contribution is -2.49. The van der Waals surface area contributed by atoms with Crippen LogP contribution in [0.15, 0.2) is 30.6 Å². The van der Waals surface area contributed by atoms with Gasteiger partial charge in [-0.05, 0) is 49.4 Å². The molecule has 232 valence electrons. The van der Waals surface area contributed by atoms with E-state index in [2.05, 4.69) is 9.97 Å². The second-order valence-corrected chi connectivity index (χ2v) is 12.5. The van der Waals surface area contributed by atoms with Crippen LogP contribution in [0.1, 0.15) is 32.3 Å². The van der Waals surface area contributed by atoms with Gasteiger partial charge in [0.25, 0.3) is 5.92 Å². The Kier molecular flexibility index (Phi) is 8.72. The summed E-state index contributed by atoms with van der Waals surface area (Å²) in [6, 6.07) is 3.04. The highest BCUT2D eigenvalue weighted by atomic mass is 32.2. The van der Waals surface area contributed by atoms with Gasteiger partial charge in [0, 0.05) is 48.8 Å². The number of benzene rings is 1. The molecule has 5 rings (SSSR count). The van der Waals surface area contributed by atoms with Crippen LogP contribution >= 0.6 is 11.3 Å². The van der Waals surface area contributed by atoms with Gasteiger partial charge in [-0.3, -0.25) is 13.3 Å². The first-order valence-electron chi connectivity index (χ1n) is 13.6. The first-order chi connectivity index (χ1) is 20.4. The van der Waals surface area contributed by atoms with Gasteiger partial charge < -0.3 is 29.6 Å². The molecule has 2 N–H and O–H groups in total. The average Bonchev–Trinajstić information content (AvgIpc) is 3.66. The molecule has 3 atom stereocenters. The molecule has 0 spiro atoms. The Morgan fingerprint density at radius 3 is 2.74 bits per heavy atom. The van der Waals surface area contributed by atoms with Gasteiger partial charge in [0.05, 0.1) is 26.0 Å². The standard InChI is InChI=1S/C27H32F2N6O6S2/c1-15(2)41-25(37)20(11-17-10-16-4-7-31-23(30)18(16)12-21(17)40-3)34-8-5-19(24(34)36)35(43(38)39)22-13-32-26(42-22)33-9-6-27(28,29)14-33/h4,7,10,12-13,15,19-20H,5-6,8-9,11,14H2,1-3H3,(H2,30,31)(H,38,39)/p-1/t19-,20+/m0/s1. The van der Waals surface area contributed by atoms with Crippen LogP contribution < -0.4 is 19.7 Å². The number of pyridine rings is 1. The van der Waals surface area contributed by atoms with E-state index in [1.54, 1.807) is 38.2 Å². The number of amides is 1. The molecule has 2 aliphatic heterocycles. The average molecular weight is 638 g/mol. The molecular formula is C27H31F2N6O6S2-. The van der Waals surface area contributed by atoms with Gasteiger partial charge in [0.2, 0.25) is 5.91 Å². The van der Waals surface area contributed by atoms with Crippen LogP contribution in [-0.2, 0) is 32.0 Å². The number of fused-ring (bicyclic) bond motifs is 1. The first kappa shape index (κ1) is 30.8.